The van der Waals surface area contributed by atoms with E-state index in [4.69, 9.17) is 14.2 Å². The Bertz CT molecular complexity index is 1300. The van der Waals surface area contributed by atoms with E-state index in [0.29, 0.717) is 18.7 Å². The first-order valence-electron chi connectivity index (χ1n) is 13.8. The number of pyridine rings is 1. The molecule has 1 heterocycles. The number of anilines is 1. The summed E-state index contributed by atoms with van der Waals surface area (Å²) >= 11 is 0. The Morgan fingerprint density at radius 2 is 1.61 bits per heavy atom. The van der Waals surface area contributed by atoms with Crippen molar-refractivity contribution >= 4 is 17.9 Å². The van der Waals surface area contributed by atoms with E-state index < -0.39 is 23.4 Å². The van der Waals surface area contributed by atoms with E-state index >= 15 is 4.39 Å². The van der Waals surface area contributed by atoms with Crippen molar-refractivity contribution in [2.45, 2.75) is 47.1 Å². The van der Waals surface area contributed by atoms with Crippen LogP contribution in [0.2, 0.25) is 0 Å². The Morgan fingerprint density at radius 3 is 2.22 bits per heavy atom. The van der Waals surface area contributed by atoms with E-state index in [1.165, 1.54) is 11.8 Å². The first-order valence-corrected chi connectivity index (χ1v) is 13.8. The molecule has 2 aromatic carbocycles. The van der Waals surface area contributed by atoms with Crippen molar-refractivity contribution < 1.29 is 28.2 Å². The van der Waals surface area contributed by atoms with Gasteiger partial charge in [0.05, 0.1) is 6.61 Å². The standard InChI is InChI=1S/C32H40FN3O5/c1-7-8-19-39-27-26(30(37)41-25-17-13-10-14-18-25)23(2)28(33)34-29(27)36(22-32(3,4)21-35(5)6)31(38)40-20-24-15-11-9-12-16-24/h9-18H,7-8,19-22H2,1-6H3. The van der Waals surface area contributed by atoms with Gasteiger partial charge in [0, 0.05) is 18.7 Å². The van der Waals surface area contributed by atoms with Crippen molar-refractivity contribution in [2.24, 2.45) is 5.41 Å². The van der Waals surface area contributed by atoms with Crippen molar-refractivity contribution in [3.63, 3.8) is 0 Å². The second kappa shape index (κ2) is 14.6. The van der Waals surface area contributed by atoms with Crippen molar-refractivity contribution in [2.75, 3.05) is 38.7 Å². The maximum absolute atomic E-state index is 15.5. The van der Waals surface area contributed by atoms with Gasteiger partial charge in [-0.1, -0.05) is 75.7 Å². The number of carbonyl (C=O) groups excluding carboxylic acids is 2. The normalized spacial score (nSPS) is 11.3. The molecule has 9 heteroatoms. The molecule has 0 atom stereocenters. The van der Waals surface area contributed by atoms with Gasteiger partial charge in [-0.3, -0.25) is 4.90 Å². The fourth-order valence-electron chi connectivity index (χ4n) is 4.50. The molecule has 0 unspecified atom stereocenters. The molecule has 1 amide bonds. The second-order valence-electron chi connectivity index (χ2n) is 11.0. The van der Waals surface area contributed by atoms with Crippen LogP contribution >= 0.6 is 0 Å². The molecule has 41 heavy (non-hydrogen) atoms. The van der Waals surface area contributed by atoms with Crippen LogP contribution in [0, 0.1) is 18.3 Å². The number of hydrogen-bond acceptors (Lipinski definition) is 7. The van der Waals surface area contributed by atoms with Gasteiger partial charge >= 0.3 is 12.1 Å². The quantitative estimate of drug-likeness (QED) is 0.0992. The van der Waals surface area contributed by atoms with Gasteiger partial charge in [-0.15, -0.1) is 0 Å². The van der Waals surface area contributed by atoms with Gasteiger partial charge in [0.1, 0.15) is 17.9 Å². The minimum absolute atomic E-state index is 0.00750. The fourth-order valence-corrected chi connectivity index (χ4v) is 4.50. The van der Waals surface area contributed by atoms with E-state index in [2.05, 4.69) is 4.98 Å². The highest BCUT2D eigenvalue weighted by Gasteiger charge is 2.35. The topological polar surface area (TPSA) is 81.2 Å². The second-order valence-corrected chi connectivity index (χ2v) is 11.0. The molecule has 0 radical (unpaired) electrons. The number of esters is 1. The van der Waals surface area contributed by atoms with Gasteiger partial charge in [-0.2, -0.15) is 9.37 Å². The van der Waals surface area contributed by atoms with Crippen LogP contribution in [0.4, 0.5) is 15.0 Å². The van der Waals surface area contributed by atoms with Crippen LogP contribution in [0.3, 0.4) is 0 Å². The summed E-state index contributed by atoms with van der Waals surface area (Å²) in [4.78, 5) is 34.6. The summed E-state index contributed by atoms with van der Waals surface area (Å²) < 4.78 is 32.8. The lowest BCUT2D eigenvalue weighted by atomic mass is 9.92. The Morgan fingerprint density at radius 1 is 0.976 bits per heavy atom. The van der Waals surface area contributed by atoms with Crippen molar-refractivity contribution in [3.8, 4) is 11.5 Å². The third kappa shape index (κ3) is 9.01. The predicted molar refractivity (Wildman–Crippen MR) is 157 cm³/mol. The molecular formula is C32H40FN3O5. The first-order chi connectivity index (χ1) is 19.5. The van der Waals surface area contributed by atoms with E-state index in [-0.39, 0.29) is 42.5 Å². The number of unbranched alkanes of at least 4 members (excludes halogenated alkanes) is 1. The Labute approximate surface area is 242 Å². The molecule has 3 aromatic rings. The Hall–Kier alpha value is -3.98. The fraction of sp³-hybridized carbons (Fsp3) is 0.406. The third-order valence-corrected chi connectivity index (χ3v) is 6.23. The summed E-state index contributed by atoms with van der Waals surface area (Å²) in [6.45, 7) is 8.37. The van der Waals surface area contributed by atoms with Crippen LogP contribution < -0.4 is 14.4 Å². The summed E-state index contributed by atoms with van der Waals surface area (Å²) in [5, 5.41) is 0. The molecule has 0 aliphatic heterocycles. The summed E-state index contributed by atoms with van der Waals surface area (Å²) in [5.41, 5.74) is 0.164. The number of benzene rings is 2. The van der Waals surface area contributed by atoms with E-state index in [0.717, 1.165) is 12.0 Å². The van der Waals surface area contributed by atoms with Crippen molar-refractivity contribution in [3.05, 3.63) is 83.3 Å². The van der Waals surface area contributed by atoms with Crippen molar-refractivity contribution in [1.82, 2.24) is 9.88 Å². The number of nitrogens with zero attached hydrogens (tertiary/aromatic N) is 3. The highest BCUT2D eigenvalue weighted by Crippen LogP contribution is 2.37. The van der Waals surface area contributed by atoms with Gasteiger partial charge in [0.2, 0.25) is 5.95 Å². The summed E-state index contributed by atoms with van der Waals surface area (Å²) in [6.07, 6.45) is 0.762. The molecule has 0 fully saturated rings. The molecule has 1 aromatic heterocycles. The zero-order chi connectivity index (χ0) is 30.0. The zero-order valence-corrected chi connectivity index (χ0v) is 24.8. The molecule has 0 aliphatic rings. The van der Waals surface area contributed by atoms with Crippen LogP contribution in [0.1, 0.15) is 55.1 Å². The lowest BCUT2D eigenvalue weighted by Crippen LogP contribution is -2.44. The zero-order valence-electron chi connectivity index (χ0n) is 24.8. The first kappa shape index (κ1) is 31.5. The van der Waals surface area contributed by atoms with Crippen molar-refractivity contribution in [1.29, 1.82) is 0 Å². The monoisotopic (exact) mass is 565 g/mol. The van der Waals surface area contributed by atoms with Crippen LogP contribution in [0.5, 0.6) is 11.5 Å². The molecule has 0 saturated heterocycles. The van der Waals surface area contributed by atoms with Gasteiger partial charge in [0.25, 0.3) is 0 Å². The van der Waals surface area contributed by atoms with Crippen LogP contribution in [-0.2, 0) is 11.3 Å². The highest BCUT2D eigenvalue weighted by molar-refractivity contribution is 5.99. The molecule has 8 nitrogen and oxygen atoms in total. The van der Waals surface area contributed by atoms with Crippen LogP contribution in [0.25, 0.3) is 0 Å². The number of para-hydroxylation sites is 1. The maximum Gasteiger partial charge on any atom is 0.415 e. The van der Waals surface area contributed by atoms with Gasteiger partial charge < -0.3 is 19.1 Å². The van der Waals surface area contributed by atoms with Gasteiger partial charge in [0.15, 0.2) is 11.6 Å². The van der Waals surface area contributed by atoms with E-state index in [1.54, 1.807) is 30.3 Å². The molecular weight excluding hydrogens is 525 g/mol. The summed E-state index contributed by atoms with van der Waals surface area (Å²) in [5.74, 6) is -1.58. The number of aromatic nitrogens is 1. The van der Waals surface area contributed by atoms with Gasteiger partial charge in [-0.05, 0) is 50.6 Å². The maximum atomic E-state index is 15.5. The number of rotatable bonds is 13. The third-order valence-electron chi connectivity index (χ3n) is 6.23. The minimum atomic E-state index is -0.908. The Kier molecular flexibility index (Phi) is 11.2. The Balaban J connectivity index is 2.12. The van der Waals surface area contributed by atoms with Crippen LogP contribution in [0.15, 0.2) is 60.7 Å². The smallest absolute Gasteiger partial charge is 0.415 e. The number of hydrogen-bond donors (Lipinski definition) is 0. The van der Waals surface area contributed by atoms with Crippen LogP contribution in [-0.4, -0.2) is 55.7 Å². The number of halogens is 1. The van der Waals surface area contributed by atoms with E-state index in [1.807, 2.05) is 70.1 Å². The molecule has 0 saturated carbocycles. The molecule has 0 bridgehead atoms. The molecule has 0 N–H and O–H groups in total. The highest BCUT2D eigenvalue weighted by atomic mass is 19.1. The van der Waals surface area contributed by atoms with Gasteiger partial charge in [-0.25, -0.2) is 9.59 Å². The predicted octanol–water partition coefficient (Wildman–Crippen LogP) is 6.66. The average molecular weight is 566 g/mol. The minimum Gasteiger partial charge on any atom is -0.489 e. The molecule has 0 aliphatic carbocycles. The number of amides is 1. The summed E-state index contributed by atoms with van der Waals surface area (Å²) in [7, 11) is 3.86. The average Bonchev–Trinajstić information content (AvgIpc) is 2.93. The molecule has 3 rings (SSSR count). The van der Waals surface area contributed by atoms with E-state index in [9.17, 15) is 9.59 Å². The lowest BCUT2D eigenvalue weighted by Gasteiger charge is -2.34. The lowest BCUT2D eigenvalue weighted by molar-refractivity contribution is 0.0728. The summed E-state index contributed by atoms with van der Waals surface area (Å²) in [6, 6.07) is 17.7. The largest absolute Gasteiger partial charge is 0.489 e. The molecule has 0 spiro atoms. The number of carbonyl (C=O) groups is 2. The number of ether oxygens (including phenoxy) is 3. The SMILES string of the molecule is CCCCOc1c(N(CC(C)(C)CN(C)C)C(=O)OCc2ccccc2)nc(F)c(C)c1C(=O)Oc1ccccc1. The molecule has 220 valence electrons.